The molecule has 0 spiro atoms. The molecule has 1 unspecified atom stereocenters. The Kier molecular flexibility index (Phi) is 5.64. The number of methoxy groups -OCH3 is 1. The van der Waals surface area contributed by atoms with Crippen LogP contribution in [0.3, 0.4) is 0 Å². The second-order valence-corrected chi connectivity index (χ2v) is 5.87. The van der Waals surface area contributed by atoms with Gasteiger partial charge in [-0.3, -0.25) is 14.9 Å². The molecular formula is C19H17N3O6. The lowest BCUT2D eigenvalue weighted by molar-refractivity contribution is -0.384. The maximum Gasteiger partial charge on any atom is 0.311 e. The van der Waals surface area contributed by atoms with E-state index in [1.165, 1.54) is 31.4 Å². The third-order valence-corrected chi connectivity index (χ3v) is 3.95. The number of ether oxygens (including phenoxy) is 2. The number of nitrogens with zero attached hydrogens (tertiary/aromatic N) is 3. The second kappa shape index (κ2) is 8.30. The number of esters is 1. The van der Waals surface area contributed by atoms with Crippen LogP contribution in [0.1, 0.15) is 24.5 Å². The quantitative estimate of drug-likeness (QED) is 0.346. The molecule has 2 aromatic carbocycles. The minimum absolute atomic E-state index is 0.0394. The molecule has 0 radical (unpaired) electrons. The number of rotatable bonds is 7. The van der Waals surface area contributed by atoms with Crippen LogP contribution < -0.4 is 4.74 Å². The van der Waals surface area contributed by atoms with Gasteiger partial charge in [0.25, 0.3) is 11.6 Å². The van der Waals surface area contributed by atoms with Crippen molar-refractivity contribution in [2.24, 2.45) is 0 Å². The summed E-state index contributed by atoms with van der Waals surface area (Å²) in [4.78, 5) is 22.4. The molecule has 3 rings (SSSR count). The monoisotopic (exact) mass is 383 g/mol. The van der Waals surface area contributed by atoms with Crippen LogP contribution in [0.2, 0.25) is 0 Å². The van der Waals surface area contributed by atoms with Gasteiger partial charge in [0, 0.05) is 23.3 Å². The van der Waals surface area contributed by atoms with E-state index < -0.39 is 17.0 Å². The van der Waals surface area contributed by atoms with Crippen molar-refractivity contribution in [3.05, 3.63) is 70.1 Å². The summed E-state index contributed by atoms with van der Waals surface area (Å²) < 4.78 is 16.1. The lowest BCUT2D eigenvalue weighted by Gasteiger charge is -2.11. The van der Waals surface area contributed by atoms with Crippen LogP contribution in [-0.4, -0.2) is 28.2 Å². The van der Waals surface area contributed by atoms with Gasteiger partial charge >= 0.3 is 5.97 Å². The van der Waals surface area contributed by atoms with Gasteiger partial charge in [-0.25, -0.2) is 0 Å². The Morgan fingerprint density at radius 2 is 1.89 bits per heavy atom. The molecule has 0 saturated heterocycles. The first kappa shape index (κ1) is 19.0. The number of hydrogen-bond donors (Lipinski definition) is 0. The minimum Gasteiger partial charge on any atom is -0.496 e. The highest BCUT2D eigenvalue weighted by molar-refractivity contribution is 5.73. The van der Waals surface area contributed by atoms with Crippen molar-refractivity contribution in [2.45, 2.75) is 19.4 Å². The highest BCUT2D eigenvalue weighted by Gasteiger charge is 2.20. The second-order valence-electron chi connectivity index (χ2n) is 5.87. The predicted octanol–water partition coefficient (Wildman–Crippen LogP) is 3.50. The van der Waals surface area contributed by atoms with E-state index >= 15 is 0 Å². The molecule has 9 heteroatoms. The highest BCUT2D eigenvalue weighted by atomic mass is 16.6. The number of carbonyl (C=O) groups excluding carboxylic acids is 1. The molecule has 0 fully saturated rings. The highest BCUT2D eigenvalue weighted by Crippen LogP contribution is 2.25. The van der Waals surface area contributed by atoms with Gasteiger partial charge in [0.1, 0.15) is 5.75 Å². The van der Waals surface area contributed by atoms with E-state index in [9.17, 15) is 14.9 Å². The Morgan fingerprint density at radius 1 is 1.18 bits per heavy atom. The van der Waals surface area contributed by atoms with Crippen molar-refractivity contribution >= 4 is 11.7 Å². The van der Waals surface area contributed by atoms with Gasteiger partial charge in [-0.05, 0) is 25.1 Å². The van der Waals surface area contributed by atoms with Crippen molar-refractivity contribution in [3.63, 3.8) is 0 Å². The predicted molar refractivity (Wildman–Crippen MR) is 97.6 cm³/mol. The lowest BCUT2D eigenvalue weighted by Crippen LogP contribution is -2.12. The van der Waals surface area contributed by atoms with Gasteiger partial charge in [0.05, 0.1) is 18.5 Å². The van der Waals surface area contributed by atoms with Gasteiger partial charge in [0.2, 0.25) is 5.89 Å². The molecule has 9 nitrogen and oxygen atoms in total. The van der Waals surface area contributed by atoms with E-state index in [-0.39, 0.29) is 23.9 Å². The fourth-order valence-electron chi connectivity index (χ4n) is 2.53. The number of non-ortho nitro benzene ring substituents is 1. The molecule has 3 aromatic rings. The molecule has 0 amide bonds. The number of para-hydroxylation sites is 1. The SMILES string of the molecule is COc1ccccc1CC(=O)OC(C)c1nnc(-c2ccc([N+](=O)[O-])cc2)o1. The van der Waals surface area contributed by atoms with E-state index in [0.29, 0.717) is 16.9 Å². The Labute approximate surface area is 160 Å². The Balaban J connectivity index is 1.66. The average molecular weight is 383 g/mol. The van der Waals surface area contributed by atoms with E-state index in [1.54, 1.807) is 19.1 Å². The number of aromatic nitrogens is 2. The molecule has 28 heavy (non-hydrogen) atoms. The summed E-state index contributed by atoms with van der Waals surface area (Å²) in [5.74, 6) is 0.441. The molecule has 144 valence electrons. The zero-order valence-corrected chi connectivity index (χ0v) is 15.2. The molecule has 0 bridgehead atoms. The molecule has 1 heterocycles. The van der Waals surface area contributed by atoms with Crippen molar-refractivity contribution < 1.29 is 23.6 Å². The maximum absolute atomic E-state index is 12.2. The van der Waals surface area contributed by atoms with Gasteiger partial charge in [0.15, 0.2) is 6.10 Å². The van der Waals surface area contributed by atoms with Gasteiger partial charge in [-0.2, -0.15) is 0 Å². The number of nitro groups is 1. The first-order chi connectivity index (χ1) is 13.5. The largest absolute Gasteiger partial charge is 0.496 e. The van der Waals surface area contributed by atoms with Crippen LogP contribution in [0.15, 0.2) is 52.9 Å². The van der Waals surface area contributed by atoms with Crippen molar-refractivity contribution in [3.8, 4) is 17.2 Å². The van der Waals surface area contributed by atoms with Crippen LogP contribution in [0.5, 0.6) is 5.75 Å². The number of hydrogen-bond acceptors (Lipinski definition) is 8. The number of nitro benzene ring substituents is 1. The molecule has 0 N–H and O–H groups in total. The Hall–Kier alpha value is -3.75. The summed E-state index contributed by atoms with van der Waals surface area (Å²) in [6, 6.07) is 12.9. The van der Waals surface area contributed by atoms with Gasteiger partial charge < -0.3 is 13.9 Å². The van der Waals surface area contributed by atoms with E-state index in [0.717, 1.165) is 0 Å². The summed E-state index contributed by atoms with van der Waals surface area (Å²) in [5, 5.41) is 18.5. The fraction of sp³-hybridized carbons (Fsp3) is 0.211. The van der Waals surface area contributed by atoms with Crippen LogP contribution >= 0.6 is 0 Å². The molecule has 0 aliphatic rings. The molecular weight excluding hydrogens is 366 g/mol. The fourth-order valence-corrected chi connectivity index (χ4v) is 2.53. The van der Waals surface area contributed by atoms with Crippen molar-refractivity contribution in [1.29, 1.82) is 0 Å². The first-order valence-electron chi connectivity index (χ1n) is 8.37. The zero-order chi connectivity index (χ0) is 20.1. The van der Waals surface area contributed by atoms with Crippen LogP contribution in [0, 0.1) is 10.1 Å². The van der Waals surface area contributed by atoms with E-state index in [1.807, 2.05) is 12.1 Å². The third kappa shape index (κ3) is 4.32. The third-order valence-electron chi connectivity index (χ3n) is 3.95. The topological polar surface area (TPSA) is 118 Å². The minimum atomic E-state index is -0.749. The zero-order valence-electron chi connectivity index (χ0n) is 15.2. The summed E-state index contributed by atoms with van der Waals surface area (Å²) >= 11 is 0. The summed E-state index contributed by atoms with van der Waals surface area (Å²) in [7, 11) is 1.53. The van der Waals surface area contributed by atoms with Crippen LogP contribution in [-0.2, 0) is 16.0 Å². The average Bonchev–Trinajstić information content (AvgIpc) is 3.19. The van der Waals surface area contributed by atoms with Crippen LogP contribution in [0.4, 0.5) is 5.69 Å². The molecule has 0 aliphatic carbocycles. The van der Waals surface area contributed by atoms with Crippen molar-refractivity contribution in [1.82, 2.24) is 10.2 Å². The van der Waals surface area contributed by atoms with Crippen molar-refractivity contribution in [2.75, 3.05) is 7.11 Å². The van der Waals surface area contributed by atoms with Gasteiger partial charge in [-0.1, -0.05) is 18.2 Å². The van der Waals surface area contributed by atoms with E-state index in [4.69, 9.17) is 13.9 Å². The number of benzene rings is 2. The van der Waals surface area contributed by atoms with Gasteiger partial charge in [-0.15, -0.1) is 10.2 Å². The summed E-state index contributed by atoms with van der Waals surface area (Å²) in [5.41, 5.74) is 1.19. The molecule has 0 aliphatic heterocycles. The molecule has 0 saturated carbocycles. The Bertz CT molecular complexity index is 983. The first-order valence-corrected chi connectivity index (χ1v) is 8.37. The summed E-state index contributed by atoms with van der Waals surface area (Å²) in [6.07, 6.45) is -0.709. The lowest BCUT2D eigenvalue weighted by atomic mass is 10.1. The molecule has 1 aromatic heterocycles. The Morgan fingerprint density at radius 3 is 2.57 bits per heavy atom. The standard InChI is InChI=1S/C19H17N3O6/c1-12(27-17(23)11-14-5-3-4-6-16(14)26-2)18-20-21-19(28-18)13-7-9-15(10-8-13)22(24)25/h3-10,12H,11H2,1-2H3. The molecule has 1 atom stereocenters. The van der Waals surface area contributed by atoms with E-state index in [2.05, 4.69) is 10.2 Å². The smallest absolute Gasteiger partial charge is 0.311 e. The maximum atomic E-state index is 12.2. The summed E-state index contributed by atoms with van der Waals surface area (Å²) in [6.45, 7) is 1.62. The normalized spacial score (nSPS) is 11.6. The van der Waals surface area contributed by atoms with Crippen LogP contribution in [0.25, 0.3) is 11.5 Å². The number of carbonyl (C=O) groups is 1.